The lowest BCUT2D eigenvalue weighted by Crippen LogP contribution is -2.29. The van der Waals surface area contributed by atoms with E-state index in [9.17, 15) is 8.42 Å². The molecule has 0 fully saturated rings. The number of nitrogens with two attached hydrogens (primary N) is 3. The van der Waals surface area contributed by atoms with Crippen LogP contribution in [0.2, 0.25) is 0 Å². The third kappa shape index (κ3) is 157. The highest BCUT2D eigenvalue weighted by Gasteiger charge is 1.91. The number of hydrogen-bond donors (Lipinski definition) is 7. The molecule has 0 rings (SSSR count). The van der Waals surface area contributed by atoms with Crippen molar-refractivity contribution in [2.75, 3.05) is 0 Å². The molecule has 0 radical (unpaired) electrons. The maximum Gasteiger partial charge on any atom is 0.394 e. The lowest BCUT2D eigenvalue weighted by molar-refractivity contribution is 0.381. The van der Waals surface area contributed by atoms with E-state index in [-0.39, 0.29) is 0 Å². The van der Waals surface area contributed by atoms with Crippen molar-refractivity contribution >= 4 is 20.7 Å². The van der Waals surface area contributed by atoms with Gasteiger partial charge in [0.1, 0.15) is 0 Å². The molecule has 0 bridgehead atoms. The summed E-state index contributed by atoms with van der Waals surface area (Å²) in [5.41, 5.74) is 0. The summed E-state index contributed by atoms with van der Waals surface area (Å²) in [5, 5.41) is 0. The van der Waals surface area contributed by atoms with E-state index in [4.69, 9.17) is 22.1 Å². The standard InChI is InChI=1S/H4N2O3S.H4N2.H2O4S/c1-2-6(3,4)5;1-2;1-5(2,3)4/h2H,1H2,(H,3,4,5);1-2H2;(H2,1,2,3,4). The van der Waals surface area contributed by atoms with Gasteiger partial charge in [0, 0.05) is 0 Å². The molecule has 0 spiro atoms. The Bertz CT molecular complexity index is 266. The molecule has 0 amide bonds. The first-order chi connectivity index (χ1) is 5.56. The minimum absolute atomic E-state index is 1.13. The van der Waals surface area contributed by atoms with Crippen LogP contribution in [0.15, 0.2) is 0 Å². The van der Waals surface area contributed by atoms with Gasteiger partial charge >= 0.3 is 20.7 Å². The highest BCUT2D eigenvalue weighted by molar-refractivity contribution is 7.83. The fraction of sp³-hybridized carbons (Fsp3) is 0. The molecule has 0 unspecified atom stereocenters. The first-order valence-electron chi connectivity index (χ1n) is 2.04. The average Bonchev–Trinajstić information content (AvgIpc) is 1.87. The van der Waals surface area contributed by atoms with Gasteiger partial charge in [0.2, 0.25) is 0 Å². The second-order valence-electron chi connectivity index (χ2n) is 1.04. The van der Waals surface area contributed by atoms with Gasteiger partial charge < -0.3 is 0 Å². The van der Waals surface area contributed by atoms with Crippen LogP contribution in [0.5, 0.6) is 0 Å². The maximum absolute atomic E-state index is 9.32. The van der Waals surface area contributed by atoms with Crippen molar-refractivity contribution in [1.82, 2.24) is 4.83 Å². The zero-order valence-corrected chi connectivity index (χ0v) is 7.66. The topological polar surface area (TPSA) is 219 Å². The predicted molar refractivity (Wildman–Crippen MR) is 41.4 cm³/mol. The van der Waals surface area contributed by atoms with E-state index in [1.54, 1.807) is 0 Å². The molecule has 0 aliphatic rings. The van der Waals surface area contributed by atoms with Crippen molar-refractivity contribution in [3.63, 3.8) is 0 Å². The van der Waals surface area contributed by atoms with Crippen molar-refractivity contribution in [2.45, 2.75) is 0 Å². The zero-order valence-electron chi connectivity index (χ0n) is 6.02. The lowest BCUT2D eigenvalue weighted by Gasteiger charge is -1.83. The highest BCUT2D eigenvalue weighted by atomic mass is 32.3. The Morgan fingerprint density at radius 2 is 1.00 bits per heavy atom. The third-order valence-electron chi connectivity index (χ3n) is 0.149. The molecule has 11 nitrogen and oxygen atoms in total. The van der Waals surface area contributed by atoms with Gasteiger partial charge in [-0.15, -0.1) is 4.83 Å². The molecule has 0 aliphatic carbocycles. The van der Waals surface area contributed by atoms with E-state index in [0.29, 0.717) is 0 Å². The summed E-state index contributed by atoms with van der Waals surface area (Å²) in [6, 6.07) is 0. The van der Waals surface area contributed by atoms with Gasteiger partial charge in [-0.2, -0.15) is 16.8 Å². The Hall–Kier alpha value is -0.380. The van der Waals surface area contributed by atoms with Crippen LogP contribution in [-0.2, 0) is 20.7 Å². The Morgan fingerprint density at radius 3 is 1.00 bits per heavy atom. The van der Waals surface area contributed by atoms with Crippen LogP contribution >= 0.6 is 0 Å². The number of hydrogen-bond acceptors (Lipinski definition) is 7. The molecule has 10 N–H and O–H groups in total. The second kappa shape index (κ2) is 8.23. The smallest absolute Gasteiger partial charge is 0.274 e. The van der Waals surface area contributed by atoms with Gasteiger partial charge in [-0.3, -0.25) is 31.2 Å². The number of nitrogens with one attached hydrogen (secondary N) is 1. The van der Waals surface area contributed by atoms with E-state index in [0.717, 1.165) is 4.83 Å². The highest BCUT2D eigenvalue weighted by Crippen LogP contribution is 1.59. The fourth-order valence-electron chi connectivity index (χ4n) is 0. The molecule has 13 heavy (non-hydrogen) atoms. The molecule has 0 saturated carbocycles. The molecule has 0 aromatic rings. The van der Waals surface area contributed by atoms with Crippen LogP contribution in [0.4, 0.5) is 0 Å². The minimum Gasteiger partial charge on any atom is -0.274 e. The first-order valence-corrected chi connectivity index (χ1v) is 4.88. The normalized spacial score (nSPS) is 10.3. The SMILES string of the molecule is NN.NNS(=O)(=O)O.O=S(=O)(O)O. The van der Waals surface area contributed by atoms with Crippen molar-refractivity contribution in [1.29, 1.82) is 0 Å². The Labute approximate surface area is 74.3 Å². The molecule has 0 heterocycles. The largest absolute Gasteiger partial charge is 0.394 e. The fourth-order valence-corrected chi connectivity index (χ4v) is 0. The predicted octanol–water partition coefficient (Wildman–Crippen LogP) is -3.58. The van der Waals surface area contributed by atoms with Gasteiger partial charge in [0.05, 0.1) is 0 Å². The van der Waals surface area contributed by atoms with Crippen molar-refractivity contribution in [2.24, 2.45) is 17.5 Å². The van der Waals surface area contributed by atoms with E-state index >= 15 is 0 Å². The minimum atomic E-state index is -4.67. The Morgan fingerprint density at radius 1 is 0.923 bits per heavy atom. The van der Waals surface area contributed by atoms with Crippen LogP contribution in [-0.4, -0.2) is 30.5 Å². The van der Waals surface area contributed by atoms with E-state index in [2.05, 4.69) is 17.5 Å². The number of hydrazine groups is 2. The summed E-state index contributed by atoms with van der Waals surface area (Å²) in [6.45, 7) is 0. The van der Waals surface area contributed by atoms with Crippen LogP contribution in [0.25, 0.3) is 0 Å². The molecule has 0 saturated heterocycles. The van der Waals surface area contributed by atoms with Gasteiger partial charge in [-0.1, -0.05) is 0 Å². The molecule has 84 valence electrons. The molecule has 0 aromatic heterocycles. The average molecular weight is 242 g/mol. The van der Waals surface area contributed by atoms with E-state index in [1.165, 1.54) is 0 Å². The van der Waals surface area contributed by atoms with E-state index in [1.807, 2.05) is 0 Å². The lowest BCUT2D eigenvalue weighted by atomic mass is 13.0. The summed E-state index contributed by atoms with van der Waals surface area (Å²) in [6.07, 6.45) is 0. The molecule has 0 aliphatic heterocycles. The van der Waals surface area contributed by atoms with Crippen LogP contribution in [0.1, 0.15) is 0 Å². The molecule has 13 heteroatoms. The Balaban J connectivity index is -0.000000131. The van der Waals surface area contributed by atoms with Crippen molar-refractivity contribution < 1.29 is 30.5 Å². The van der Waals surface area contributed by atoms with Crippen molar-refractivity contribution in [3.05, 3.63) is 0 Å². The van der Waals surface area contributed by atoms with Crippen molar-refractivity contribution in [3.8, 4) is 0 Å². The summed E-state index contributed by atoms with van der Waals surface area (Å²) >= 11 is 0. The zero-order chi connectivity index (χ0) is 11.7. The summed E-state index contributed by atoms with van der Waals surface area (Å²) in [7, 11) is -8.80. The monoisotopic (exact) mass is 242 g/mol. The van der Waals surface area contributed by atoms with Gasteiger partial charge in [-0.05, 0) is 0 Å². The van der Waals surface area contributed by atoms with Gasteiger partial charge in [0.15, 0.2) is 0 Å². The van der Waals surface area contributed by atoms with E-state index < -0.39 is 20.7 Å². The quantitative estimate of drug-likeness (QED) is 0.136. The Kier molecular flexibility index (Phi) is 11.7. The molecule has 0 atom stereocenters. The molecule has 0 aromatic carbocycles. The summed E-state index contributed by atoms with van der Waals surface area (Å²) in [4.78, 5) is 1.13. The van der Waals surface area contributed by atoms with Gasteiger partial charge in [-0.25, -0.2) is 0 Å². The van der Waals surface area contributed by atoms with Crippen LogP contribution in [0.3, 0.4) is 0 Å². The van der Waals surface area contributed by atoms with Crippen LogP contribution in [0, 0.1) is 0 Å². The molecular formula is H10N4O7S2. The first kappa shape index (κ1) is 18.4. The maximum atomic E-state index is 9.32. The van der Waals surface area contributed by atoms with Crippen LogP contribution < -0.4 is 22.4 Å². The second-order valence-corrected chi connectivity index (χ2v) is 3.12. The summed E-state index contributed by atoms with van der Waals surface area (Å²) in [5.74, 6) is 12.2. The number of rotatable bonds is 1. The molecular weight excluding hydrogens is 232 g/mol. The summed E-state index contributed by atoms with van der Waals surface area (Å²) < 4.78 is 57.8. The third-order valence-corrected chi connectivity index (χ3v) is 0.447. The van der Waals surface area contributed by atoms with Gasteiger partial charge in [0.25, 0.3) is 0 Å².